The fraction of sp³-hybridized carbons (Fsp3) is 0.636. The molecule has 158 valence electrons. The Hall–Kier alpha value is -1.40. The number of amidine groups is 1. The van der Waals surface area contributed by atoms with Gasteiger partial charge >= 0.3 is 5.97 Å². The average molecular weight is 436 g/mol. The number of rotatable bonds is 1. The lowest BCUT2D eigenvalue weighted by Gasteiger charge is -2.23. The number of hydrogen-bond acceptors (Lipinski definition) is 5. The van der Waals surface area contributed by atoms with Gasteiger partial charge in [0, 0.05) is 6.42 Å². The number of azo groups is 1. The van der Waals surface area contributed by atoms with Crippen LogP contribution in [0.3, 0.4) is 0 Å². The van der Waals surface area contributed by atoms with Crippen LogP contribution in [0.2, 0.25) is 5.02 Å². The highest BCUT2D eigenvalue weighted by molar-refractivity contribution is 8.15. The van der Waals surface area contributed by atoms with Gasteiger partial charge in [0.1, 0.15) is 4.87 Å². The van der Waals surface area contributed by atoms with Gasteiger partial charge in [-0.25, -0.2) is 4.99 Å². The Balaban J connectivity index is 1.62. The highest BCUT2D eigenvalue weighted by Crippen LogP contribution is 2.44. The maximum atomic E-state index is 11.9. The third-order valence-corrected chi connectivity index (χ3v) is 6.89. The van der Waals surface area contributed by atoms with E-state index >= 15 is 0 Å². The predicted octanol–water partition coefficient (Wildman–Crippen LogP) is 7.46. The van der Waals surface area contributed by atoms with E-state index in [-0.39, 0.29) is 10.8 Å². The number of nitrogens with zero attached hydrogens (tertiary/aromatic N) is 3. The summed E-state index contributed by atoms with van der Waals surface area (Å²) in [4.78, 5) is 16.2. The van der Waals surface area contributed by atoms with Crippen molar-refractivity contribution in [1.29, 1.82) is 0 Å². The monoisotopic (exact) mass is 435 g/mol. The quantitative estimate of drug-likeness (QED) is 0.430. The highest BCUT2D eigenvalue weighted by atomic mass is 35.5. The van der Waals surface area contributed by atoms with Crippen LogP contribution >= 0.6 is 23.4 Å². The SMILES string of the molecule is O=C1CCCCCCCCCCC2(CCCO1)N=NC(=Nc1ccccc1Cl)S2. The molecular formula is C22H30ClN3O2S. The molecule has 1 fully saturated rings. The molecule has 0 N–H and O–H groups in total. The van der Waals surface area contributed by atoms with Gasteiger partial charge in [-0.3, -0.25) is 4.79 Å². The van der Waals surface area contributed by atoms with Gasteiger partial charge in [0.25, 0.3) is 0 Å². The number of carbonyl (C=O) groups is 1. The summed E-state index contributed by atoms with van der Waals surface area (Å²) in [7, 11) is 0. The number of thioether (sulfide) groups is 1. The van der Waals surface area contributed by atoms with E-state index in [4.69, 9.17) is 16.3 Å². The van der Waals surface area contributed by atoms with E-state index < -0.39 is 0 Å². The summed E-state index contributed by atoms with van der Waals surface area (Å²) < 4.78 is 5.42. The summed E-state index contributed by atoms with van der Waals surface area (Å²) in [6.07, 6.45) is 12.5. The lowest BCUT2D eigenvalue weighted by Crippen LogP contribution is -2.21. The first kappa shape index (κ1) is 22.3. The molecule has 0 saturated carbocycles. The number of hydrogen-bond donors (Lipinski definition) is 0. The highest BCUT2D eigenvalue weighted by Gasteiger charge is 2.37. The van der Waals surface area contributed by atoms with Crippen molar-refractivity contribution in [3.8, 4) is 0 Å². The van der Waals surface area contributed by atoms with Crippen molar-refractivity contribution >= 4 is 40.2 Å². The van der Waals surface area contributed by atoms with Gasteiger partial charge < -0.3 is 4.74 Å². The molecule has 1 unspecified atom stereocenters. The number of halogens is 1. The lowest BCUT2D eigenvalue weighted by molar-refractivity contribution is -0.143. The molecule has 1 atom stereocenters. The summed E-state index contributed by atoms with van der Waals surface area (Å²) in [5, 5.41) is 10.3. The van der Waals surface area contributed by atoms with Crippen LogP contribution < -0.4 is 0 Å². The Bertz CT molecular complexity index is 741. The minimum atomic E-state index is -0.302. The lowest BCUT2D eigenvalue weighted by atomic mass is 10.0. The molecule has 2 heterocycles. The Morgan fingerprint density at radius 1 is 0.966 bits per heavy atom. The van der Waals surface area contributed by atoms with Crippen molar-refractivity contribution in [3.63, 3.8) is 0 Å². The van der Waals surface area contributed by atoms with Gasteiger partial charge in [0.05, 0.1) is 17.3 Å². The van der Waals surface area contributed by atoms with Crippen molar-refractivity contribution in [2.75, 3.05) is 6.61 Å². The number of carbonyl (C=O) groups excluding carboxylic acids is 1. The van der Waals surface area contributed by atoms with Crippen LogP contribution in [0.1, 0.15) is 77.0 Å². The van der Waals surface area contributed by atoms with Crippen molar-refractivity contribution in [1.82, 2.24) is 0 Å². The maximum absolute atomic E-state index is 11.9. The molecule has 29 heavy (non-hydrogen) atoms. The molecule has 1 aromatic rings. The standard InChI is InChI=1S/C22H30ClN3O2S/c23-18-12-8-9-13-19(18)24-21-25-26-22(29-21)15-10-6-4-2-1-3-5-7-14-20(27)28-17-11-16-22/h8-9,12-13H,1-7,10-11,14-17H2. The summed E-state index contributed by atoms with van der Waals surface area (Å²) in [6.45, 7) is 0.452. The van der Waals surface area contributed by atoms with Crippen LogP contribution in [-0.4, -0.2) is 22.6 Å². The third-order valence-electron chi connectivity index (χ3n) is 5.34. The molecular weight excluding hydrogens is 406 g/mol. The second-order valence-corrected chi connectivity index (χ2v) is 9.48. The smallest absolute Gasteiger partial charge is 0.305 e. The number of esters is 1. The van der Waals surface area contributed by atoms with E-state index in [9.17, 15) is 4.79 Å². The maximum Gasteiger partial charge on any atom is 0.305 e. The van der Waals surface area contributed by atoms with Crippen LogP contribution in [-0.2, 0) is 9.53 Å². The van der Waals surface area contributed by atoms with Gasteiger partial charge in [0.15, 0.2) is 0 Å². The molecule has 0 aliphatic carbocycles. The molecule has 0 aromatic heterocycles. The number of para-hydroxylation sites is 1. The second kappa shape index (κ2) is 11.7. The van der Waals surface area contributed by atoms with Gasteiger partial charge in [0.2, 0.25) is 5.17 Å². The number of aliphatic imine (C=N–C) groups is 1. The van der Waals surface area contributed by atoms with Crippen LogP contribution in [0.4, 0.5) is 5.69 Å². The minimum Gasteiger partial charge on any atom is -0.466 e. The van der Waals surface area contributed by atoms with Crippen molar-refractivity contribution in [3.05, 3.63) is 29.3 Å². The van der Waals surface area contributed by atoms with Crippen molar-refractivity contribution < 1.29 is 9.53 Å². The molecule has 0 amide bonds. The van der Waals surface area contributed by atoms with Gasteiger partial charge in [-0.05, 0) is 37.8 Å². The molecule has 3 rings (SSSR count). The third kappa shape index (κ3) is 7.41. The number of ether oxygens (including phenoxy) is 1. The van der Waals surface area contributed by atoms with E-state index in [0.717, 1.165) is 44.2 Å². The molecule has 0 bridgehead atoms. The van der Waals surface area contributed by atoms with Crippen LogP contribution in [0.25, 0.3) is 0 Å². The van der Waals surface area contributed by atoms with Gasteiger partial charge in [-0.1, -0.05) is 80.4 Å². The first-order valence-electron chi connectivity index (χ1n) is 10.8. The zero-order chi connectivity index (χ0) is 20.4. The summed E-state index contributed by atoms with van der Waals surface area (Å²) in [5.41, 5.74) is 0.717. The molecule has 5 nitrogen and oxygen atoms in total. The topological polar surface area (TPSA) is 63.4 Å². The van der Waals surface area contributed by atoms with Crippen molar-refractivity contribution in [2.24, 2.45) is 15.2 Å². The van der Waals surface area contributed by atoms with Crippen LogP contribution in [0.5, 0.6) is 0 Å². The molecule has 7 heteroatoms. The van der Waals surface area contributed by atoms with Crippen LogP contribution in [0.15, 0.2) is 39.5 Å². The molecule has 2 aliphatic rings. The van der Waals surface area contributed by atoms with Crippen LogP contribution in [0, 0.1) is 0 Å². The first-order chi connectivity index (χ1) is 14.2. The number of cyclic esters (lactones) is 1. The molecule has 1 saturated heterocycles. The van der Waals surface area contributed by atoms with E-state index in [1.807, 2.05) is 24.3 Å². The molecule has 1 spiro atoms. The first-order valence-corrected chi connectivity index (χ1v) is 12.0. The predicted molar refractivity (Wildman–Crippen MR) is 120 cm³/mol. The Morgan fingerprint density at radius 3 is 2.45 bits per heavy atom. The summed E-state index contributed by atoms with van der Waals surface area (Å²) in [5.74, 6) is -0.0761. The normalized spacial score (nSPS) is 26.7. The Morgan fingerprint density at radius 2 is 1.66 bits per heavy atom. The zero-order valence-electron chi connectivity index (χ0n) is 16.9. The second-order valence-electron chi connectivity index (χ2n) is 7.75. The van der Waals surface area contributed by atoms with Gasteiger partial charge in [-0.15, -0.1) is 5.11 Å². The van der Waals surface area contributed by atoms with E-state index in [2.05, 4.69) is 15.2 Å². The summed E-state index contributed by atoms with van der Waals surface area (Å²) >= 11 is 7.85. The average Bonchev–Trinajstić information content (AvgIpc) is 3.11. The van der Waals surface area contributed by atoms with Gasteiger partial charge in [-0.2, -0.15) is 5.11 Å². The summed E-state index contributed by atoms with van der Waals surface area (Å²) in [6, 6.07) is 7.52. The van der Waals surface area contributed by atoms with E-state index in [0.29, 0.717) is 23.2 Å². The van der Waals surface area contributed by atoms with Crippen molar-refractivity contribution in [2.45, 2.75) is 81.9 Å². The zero-order valence-corrected chi connectivity index (χ0v) is 18.5. The van der Waals surface area contributed by atoms with E-state index in [1.165, 1.54) is 32.1 Å². The molecule has 1 aromatic carbocycles. The Labute approximate surface area is 182 Å². The molecule has 0 radical (unpaired) electrons. The molecule has 2 aliphatic heterocycles. The minimum absolute atomic E-state index is 0.0761. The fourth-order valence-electron chi connectivity index (χ4n) is 3.70. The number of benzene rings is 1. The fourth-order valence-corrected chi connectivity index (χ4v) is 5.02. The largest absolute Gasteiger partial charge is 0.466 e. The van der Waals surface area contributed by atoms with E-state index in [1.54, 1.807) is 11.8 Å². The Kier molecular flexibility index (Phi) is 8.99.